The Kier molecular flexibility index (Phi) is 6.76. The van der Waals surface area contributed by atoms with E-state index in [2.05, 4.69) is 25.7 Å². The van der Waals surface area contributed by atoms with Gasteiger partial charge in [-0.25, -0.2) is 0 Å². The van der Waals surface area contributed by atoms with Crippen LogP contribution in [0.3, 0.4) is 0 Å². The van der Waals surface area contributed by atoms with E-state index < -0.39 is 20.5 Å². The van der Waals surface area contributed by atoms with Crippen LogP contribution in [-0.2, 0) is 10.2 Å². The highest BCUT2D eigenvalue weighted by Crippen LogP contribution is 2.41. The van der Waals surface area contributed by atoms with Gasteiger partial charge in [-0.05, 0) is 37.1 Å². The van der Waals surface area contributed by atoms with Crippen molar-refractivity contribution in [2.75, 3.05) is 20.6 Å². The number of rotatable bonds is 4. The molecule has 0 aromatic heterocycles. The quantitative estimate of drug-likeness (QED) is 0.576. The third-order valence-electron chi connectivity index (χ3n) is 4.75. The molecule has 1 N–H and O–H groups in total. The molecule has 0 spiro atoms. The van der Waals surface area contributed by atoms with Crippen molar-refractivity contribution in [3.05, 3.63) is 23.3 Å². The molecule has 156 valence electrons. The minimum absolute atomic E-state index is 0.0664. The second kappa shape index (κ2) is 8.37. The van der Waals surface area contributed by atoms with E-state index in [-0.39, 0.29) is 28.4 Å². The average Bonchev–Trinajstić information content (AvgIpc) is 2.93. The summed E-state index contributed by atoms with van der Waals surface area (Å²) in [6, 6.07) is 2.79. The number of hydrogen-bond donors (Lipinski definition) is 2. The molecule has 6 nitrogen and oxygen atoms in total. The van der Waals surface area contributed by atoms with Gasteiger partial charge in [-0.1, -0.05) is 20.8 Å². The fourth-order valence-electron chi connectivity index (χ4n) is 3.55. The summed E-state index contributed by atoms with van der Waals surface area (Å²) in [7, 11) is 1.96. The van der Waals surface area contributed by atoms with E-state index in [1.807, 2.05) is 20.8 Å². The predicted octanol–water partition coefficient (Wildman–Crippen LogP) is 2.65. The van der Waals surface area contributed by atoms with Gasteiger partial charge in [0, 0.05) is 31.5 Å². The van der Waals surface area contributed by atoms with Crippen LogP contribution in [0.1, 0.15) is 43.1 Å². The van der Waals surface area contributed by atoms with Crippen molar-refractivity contribution in [2.24, 2.45) is 0 Å². The molecule has 2 atom stereocenters. The number of nitrogens with zero attached hydrogens (tertiary/aromatic N) is 2. The molecule has 8 heteroatoms. The van der Waals surface area contributed by atoms with Crippen LogP contribution in [0.15, 0.2) is 12.1 Å². The van der Waals surface area contributed by atoms with Crippen molar-refractivity contribution in [1.82, 2.24) is 9.80 Å². The molecule has 0 aliphatic carbocycles. The van der Waals surface area contributed by atoms with Crippen LogP contribution in [0.5, 0.6) is 11.5 Å². The Bertz CT molecular complexity index is 761. The fraction of sp³-hybridized carbons (Fsp3) is 0.600. The molecule has 2 amide bonds. The van der Waals surface area contributed by atoms with E-state index in [1.54, 1.807) is 26.2 Å². The molecule has 1 aromatic carbocycles. The molecule has 0 bridgehead atoms. The van der Waals surface area contributed by atoms with Crippen LogP contribution in [0.2, 0.25) is 13.1 Å². The van der Waals surface area contributed by atoms with Gasteiger partial charge in [0.05, 0.1) is 5.56 Å². The van der Waals surface area contributed by atoms with Crippen LogP contribution >= 0.6 is 12.6 Å². The zero-order chi connectivity index (χ0) is 21.4. The lowest BCUT2D eigenvalue weighted by Gasteiger charge is -2.29. The number of thiol groups is 1. The lowest BCUT2D eigenvalue weighted by molar-refractivity contribution is -0.132. The highest BCUT2D eigenvalue weighted by molar-refractivity contribution is 7.81. The van der Waals surface area contributed by atoms with E-state index in [1.165, 1.54) is 9.80 Å². The summed E-state index contributed by atoms with van der Waals surface area (Å²) in [4.78, 5) is 28.9. The van der Waals surface area contributed by atoms with E-state index in [9.17, 15) is 14.7 Å². The van der Waals surface area contributed by atoms with Gasteiger partial charge in [-0.15, -0.1) is 0 Å². The first-order chi connectivity index (χ1) is 12.8. The average molecular weight is 425 g/mol. The van der Waals surface area contributed by atoms with Gasteiger partial charge in [-0.2, -0.15) is 12.6 Å². The zero-order valence-corrected chi connectivity index (χ0v) is 19.9. The van der Waals surface area contributed by atoms with Crippen molar-refractivity contribution in [2.45, 2.75) is 57.0 Å². The SMILES string of the molecule is CN(C)C(=O)[C@@H]1C[C@H](S)CN1C(=O)c1ccc(O[SiH](C)C)c(C(C)(C)C)c1O. The Hall–Kier alpha value is -1.67. The summed E-state index contributed by atoms with van der Waals surface area (Å²) < 4.78 is 6.00. The molecule has 1 fully saturated rings. The number of phenolic OH excluding ortho intramolecular Hbond substituents is 1. The van der Waals surface area contributed by atoms with Crippen molar-refractivity contribution < 1.29 is 19.1 Å². The standard InChI is InChI=1S/C20H32N2O4SSi/c1-20(2,3)16-15(26-28(6)7)9-8-13(17(16)23)18(24)22-11-12(27)10-14(22)19(25)21(4)5/h8-9,12,14,23,27-28H,10-11H2,1-7H3/t12-,14-/m0/s1. The summed E-state index contributed by atoms with van der Waals surface area (Å²) in [5.41, 5.74) is 0.410. The number of likely N-dealkylation sites (N-methyl/N-ethyl adjacent to an activating group) is 1. The number of carbonyl (C=O) groups is 2. The van der Waals surface area contributed by atoms with Crippen LogP contribution < -0.4 is 4.43 Å². The summed E-state index contributed by atoms with van der Waals surface area (Å²) in [5.74, 6) is 0.0697. The lowest BCUT2D eigenvalue weighted by atomic mass is 9.84. The minimum atomic E-state index is -1.39. The number of hydrogen-bond acceptors (Lipinski definition) is 5. The first kappa shape index (κ1) is 22.6. The molecule has 1 heterocycles. The van der Waals surface area contributed by atoms with Gasteiger partial charge in [-0.3, -0.25) is 9.59 Å². The maximum atomic E-state index is 13.3. The van der Waals surface area contributed by atoms with Gasteiger partial charge in [0.1, 0.15) is 17.5 Å². The molecule has 1 aliphatic heterocycles. The summed E-state index contributed by atoms with van der Waals surface area (Å²) in [6.45, 7) is 10.4. The second-order valence-electron chi connectivity index (χ2n) is 8.85. The molecule has 0 saturated carbocycles. The summed E-state index contributed by atoms with van der Waals surface area (Å²) >= 11 is 4.48. The molecule has 2 rings (SSSR count). The summed E-state index contributed by atoms with van der Waals surface area (Å²) in [5, 5.41) is 10.9. The van der Waals surface area contributed by atoms with Crippen molar-refractivity contribution in [3.8, 4) is 11.5 Å². The third kappa shape index (κ3) is 4.65. The lowest BCUT2D eigenvalue weighted by Crippen LogP contribution is -2.45. The molecule has 0 unspecified atom stereocenters. The van der Waals surface area contributed by atoms with Crippen molar-refractivity contribution in [1.29, 1.82) is 0 Å². The van der Waals surface area contributed by atoms with Crippen molar-refractivity contribution >= 4 is 33.5 Å². The third-order valence-corrected chi connectivity index (χ3v) is 5.85. The molecule has 1 aliphatic rings. The molecule has 1 aromatic rings. The number of phenols is 1. The monoisotopic (exact) mass is 424 g/mol. The Morgan fingerprint density at radius 3 is 2.39 bits per heavy atom. The van der Waals surface area contributed by atoms with E-state index >= 15 is 0 Å². The molecule has 0 radical (unpaired) electrons. The van der Waals surface area contributed by atoms with Gasteiger partial charge in [0.25, 0.3) is 5.91 Å². The second-order valence-corrected chi connectivity index (χ2v) is 11.9. The van der Waals surface area contributed by atoms with Gasteiger partial charge in [0.15, 0.2) is 0 Å². The fourth-order valence-corrected chi connectivity index (χ4v) is 4.63. The highest BCUT2D eigenvalue weighted by atomic mass is 32.1. The Balaban J connectivity index is 2.49. The molecular weight excluding hydrogens is 392 g/mol. The van der Waals surface area contributed by atoms with Gasteiger partial charge in [0.2, 0.25) is 14.9 Å². The first-order valence-electron chi connectivity index (χ1n) is 9.57. The van der Waals surface area contributed by atoms with Crippen molar-refractivity contribution in [3.63, 3.8) is 0 Å². The predicted molar refractivity (Wildman–Crippen MR) is 117 cm³/mol. The maximum Gasteiger partial charge on any atom is 0.258 e. The number of amides is 2. The van der Waals surface area contributed by atoms with Gasteiger partial charge >= 0.3 is 0 Å². The minimum Gasteiger partial charge on any atom is -0.547 e. The number of benzene rings is 1. The smallest absolute Gasteiger partial charge is 0.258 e. The number of aromatic hydroxyl groups is 1. The van der Waals surface area contributed by atoms with E-state index in [0.29, 0.717) is 24.3 Å². The van der Waals surface area contributed by atoms with Crippen LogP contribution in [0.25, 0.3) is 0 Å². The van der Waals surface area contributed by atoms with Gasteiger partial charge < -0.3 is 19.3 Å². The largest absolute Gasteiger partial charge is 0.547 e. The number of likely N-dealkylation sites (tertiary alicyclic amines) is 1. The topological polar surface area (TPSA) is 70.1 Å². The van der Waals surface area contributed by atoms with E-state index in [4.69, 9.17) is 4.43 Å². The van der Waals surface area contributed by atoms with Crippen LogP contribution in [0.4, 0.5) is 0 Å². The maximum absolute atomic E-state index is 13.3. The molecular formula is C20H32N2O4SSi. The number of carbonyl (C=O) groups excluding carboxylic acids is 2. The first-order valence-corrected chi connectivity index (χ1v) is 12.9. The van der Waals surface area contributed by atoms with E-state index in [0.717, 1.165) is 0 Å². The molecule has 1 saturated heterocycles. The Morgan fingerprint density at radius 1 is 1.29 bits per heavy atom. The Morgan fingerprint density at radius 2 is 1.89 bits per heavy atom. The highest BCUT2D eigenvalue weighted by Gasteiger charge is 2.40. The normalized spacial score (nSPS) is 19.8. The van der Waals surface area contributed by atoms with Crippen LogP contribution in [-0.4, -0.2) is 67.7 Å². The zero-order valence-electron chi connectivity index (χ0n) is 17.8. The summed E-state index contributed by atoms with van der Waals surface area (Å²) in [6.07, 6.45) is 0.499. The van der Waals surface area contributed by atoms with Crippen LogP contribution in [0, 0.1) is 0 Å². The molecule has 28 heavy (non-hydrogen) atoms. The Labute approximate surface area is 175 Å².